The topological polar surface area (TPSA) is 0 Å². The van der Waals surface area contributed by atoms with Gasteiger partial charge < -0.3 is 0 Å². The Morgan fingerprint density at radius 1 is 0.414 bits per heavy atom. The van der Waals surface area contributed by atoms with Gasteiger partial charge in [0.15, 0.2) is 0 Å². The highest BCUT2D eigenvalue weighted by Gasteiger charge is 2.11. The van der Waals surface area contributed by atoms with Crippen LogP contribution in [0.2, 0.25) is 5.02 Å². The summed E-state index contributed by atoms with van der Waals surface area (Å²) in [6.07, 6.45) is 0. The van der Waals surface area contributed by atoms with Crippen molar-refractivity contribution in [1.29, 1.82) is 0 Å². The highest BCUT2D eigenvalue weighted by molar-refractivity contribution is 6.33. The Balaban J connectivity index is 1.75. The molecule has 0 amide bonds. The largest absolute Gasteiger partial charge is 0.0837 e. The first-order chi connectivity index (χ1) is 14.3. The average Bonchev–Trinajstić information content (AvgIpc) is 2.79. The summed E-state index contributed by atoms with van der Waals surface area (Å²) in [5.74, 6) is 0. The number of hydrogen-bond donors (Lipinski definition) is 0. The van der Waals surface area contributed by atoms with E-state index >= 15 is 0 Å². The van der Waals surface area contributed by atoms with Crippen molar-refractivity contribution in [2.24, 2.45) is 0 Å². The van der Waals surface area contributed by atoms with Gasteiger partial charge in [0.25, 0.3) is 0 Å². The van der Waals surface area contributed by atoms with E-state index in [1.807, 2.05) is 18.2 Å². The van der Waals surface area contributed by atoms with Gasteiger partial charge in [-0.25, -0.2) is 0 Å². The lowest BCUT2D eigenvalue weighted by Crippen LogP contribution is -1.87. The lowest BCUT2D eigenvalue weighted by atomic mass is 9.90. The molecule has 0 spiro atoms. The summed E-state index contributed by atoms with van der Waals surface area (Å²) < 4.78 is 0. The molecule has 29 heavy (non-hydrogen) atoms. The molecule has 0 aliphatic heterocycles. The first-order valence-electron chi connectivity index (χ1n) is 9.74. The molecule has 0 bridgehead atoms. The van der Waals surface area contributed by atoms with Gasteiger partial charge in [-0.15, -0.1) is 0 Å². The minimum absolute atomic E-state index is 0.771. The number of hydrogen-bond acceptors (Lipinski definition) is 0. The maximum absolute atomic E-state index is 6.46. The van der Waals surface area contributed by atoms with Crippen molar-refractivity contribution in [1.82, 2.24) is 0 Å². The van der Waals surface area contributed by atoms with Gasteiger partial charge in [-0.2, -0.15) is 0 Å². The second kappa shape index (κ2) is 7.58. The SMILES string of the molecule is Clc1ccccc1-c1cccc(-c2cccc3cccc(-c4ccccc4)c23)c1. The quantitative estimate of drug-likeness (QED) is 0.289. The maximum Gasteiger partial charge on any atom is 0.0484 e. The van der Waals surface area contributed by atoms with Crippen LogP contribution in [0.15, 0.2) is 115 Å². The van der Waals surface area contributed by atoms with Crippen molar-refractivity contribution in [3.8, 4) is 33.4 Å². The highest BCUT2D eigenvalue weighted by atomic mass is 35.5. The molecule has 5 rings (SSSR count). The number of benzene rings is 5. The fourth-order valence-corrected chi connectivity index (χ4v) is 4.23. The first kappa shape index (κ1) is 17.7. The van der Waals surface area contributed by atoms with Crippen molar-refractivity contribution in [2.45, 2.75) is 0 Å². The van der Waals surface area contributed by atoms with Crippen molar-refractivity contribution >= 4 is 22.4 Å². The Morgan fingerprint density at radius 3 is 1.66 bits per heavy atom. The lowest BCUT2D eigenvalue weighted by molar-refractivity contribution is 1.60. The summed E-state index contributed by atoms with van der Waals surface area (Å²) in [4.78, 5) is 0. The standard InChI is InChI=1S/C28H19Cl/c29-27-18-5-4-15-24(27)22-13-6-14-23(19-22)26-17-8-12-21-11-7-16-25(28(21)26)20-9-2-1-3-10-20/h1-19H. The van der Waals surface area contributed by atoms with Gasteiger partial charge >= 0.3 is 0 Å². The van der Waals surface area contributed by atoms with Crippen LogP contribution >= 0.6 is 11.6 Å². The predicted octanol–water partition coefficient (Wildman–Crippen LogP) is 8.49. The summed E-state index contributed by atoms with van der Waals surface area (Å²) in [6, 6.07) is 40.3. The van der Waals surface area contributed by atoms with Crippen molar-refractivity contribution in [3.05, 3.63) is 120 Å². The fourth-order valence-electron chi connectivity index (χ4n) is 3.99. The normalized spacial score (nSPS) is 10.9. The lowest BCUT2D eigenvalue weighted by Gasteiger charge is -2.14. The molecule has 5 aromatic carbocycles. The third kappa shape index (κ3) is 3.33. The Bertz CT molecular complexity index is 1300. The van der Waals surface area contributed by atoms with Crippen molar-refractivity contribution in [3.63, 3.8) is 0 Å². The number of halogens is 1. The van der Waals surface area contributed by atoms with Gasteiger partial charge in [0.05, 0.1) is 0 Å². The van der Waals surface area contributed by atoms with Crippen LogP contribution in [-0.4, -0.2) is 0 Å². The average molecular weight is 391 g/mol. The molecular weight excluding hydrogens is 372 g/mol. The van der Waals surface area contributed by atoms with E-state index < -0.39 is 0 Å². The van der Waals surface area contributed by atoms with Gasteiger partial charge in [-0.05, 0) is 50.7 Å². The van der Waals surface area contributed by atoms with Gasteiger partial charge in [-0.3, -0.25) is 0 Å². The van der Waals surface area contributed by atoms with E-state index in [2.05, 4.69) is 97.1 Å². The van der Waals surface area contributed by atoms with Gasteiger partial charge in [0, 0.05) is 10.6 Å². The van der Waals surface area contributed by atoms with E-state index in [1.54, 1.807) is 0 Å². The van der Waals surface area contributed by atoms with E-state index in [1.165, 1.54) is 33.0 Å². The monoisotopic (exact) mass is 390 g/mol. The maximum atomic E-state index is 6.46. The molecule has 0 aromatic heterocycles. The van der Waals surface area contributed by atoms with E-state index in [9.17, 15) is 0 Å². The predicted molar refractivity (Wildman–Crippen MR) is 125 cm³/mol. The molecule has 138 valence electrons. The number of fused-ring (bicyclic) bond motifs is 1. The second-order valence-corrected chi connectivity index (χ2v) is 7.54. The van der Waals surface area contributed by atoms with Crippen LogP contribution in [0.3, 0.4) is 0 Å². The molecule has 0 saturated heterocycles. The van der Waals surface area contributed by atoms with Gasteiger partial charge in [0.1, 0.15) is 0 Å². The second-order valence-electron chi connectivity index (χ2n) is 7.14. The molecule has 0 unspecified atom stereocenters. The van der Waals surface area contributed by atoms with Crippen molar-refractivity contribution in [2.75, 3.05) is 0 Å². The zero-order chi connectivity index (χ0) is 19.6. The summed E-state index contributed by atoms with van der Waals surface area (Å²) in [5.41, 5.74) is 7.09. The molecule has 0 radical (unpaired) electrons. The molecule has 0 nitrogen and oxygen atoms in total. The van der Waals surface area contributed by atoms with Crippen LogP contribution in [-0.2, 0) is 0 Å². The molecule has 1 heteroatoms. The Kier molecular flexibility index (Phi) is 4.63. The van der Waals surface area contributed by atoms with Crippen molar-refractivity contribution < 1.29 is 0 Å². The van der Waals surface area contributed by atoms with E-state index in [4.69, 9.17) is 11.6 Å². The summed E-state index contributed by atoms with van der Waals surface area (Å²) in [7, 11) is 0. The minimum Gasteiger partial charge on any atom is -0.0837 e. The summed E-state index contributed by atoms with van der Waals surface area (Å²) in [6.45, 7) is 0. The Labute approximate surface area is 176 Å². The molecule has 0 aliphatic rings. The van der Waals surface area contributed by atoms with Crippen LogP contribution < -0.4 is 0 Å². The van der Waals surface area contributed by atoms with E-state index in [0.29, 0.717) is 0 Å². The van der Waals surface area contributed by atoms with Crippen LogP contribution in [0.5, 0.6) is 0 Å². The van der Waals surface area contributed by atoms with Crippen LogP contribution in [0.4, 0.5) is 0 Å². The minimum atomic E-state index is 0.771. The molecule has 0 fully saturated rings. The smallest absolute Gasteiger partial charge is 0.0484 e. The van der Waals surface area contributed by atoms with Crippen LogP contribution in [0.1, 0.15) is 0 Å². The molecule has 0 heterocycles. The first-order valence-corrected chi connectivity index (χ1v) is 10.1. The Morgan fingerprint density at radius 2 is 0.931 bits per heavy atom. The van der Waals surface area contributed by atoms with Crippen LogP contribution in [0, 0.1) is 0 Å². The molecule has 0 atom stereocenters. The summed E-state index contributed by atoms with van der Waals surface area (Å²) >= 11 is 6.46. The molecule has 5 aromatic rings. The summed E-state index contributed by atoms with van der Waals surface area (Å²) in [5, 5.41) is 3.29. The van der Waals surface area contributed by atoms with E-state index in [0.717, 1.165) is 16.1 Å². The molecule has 0 N–H and O–H groups in total. The molecule has 0 saturated carbocycles. The zero-order valence-corrected chi connectivity index (χ0v) is 16.6. The molecular formula is C28H19Cl. The van der Waals surface area contributed by atoms with Crippen LogP contribution in [0.25, 0.3) is 44.2 Å². The van der Waals surface area contributed by atoms with Gasteiger partial charge in [0.2, 0.25) is 0 Å². The number of rotatable bonds is 3. The third-order valence-corrected chi connectivity index (χ3v) is 5.68. The highest BCUT2D eigenvalue weighted by Crippen LogP contribution is 2.38. The zero-order valence-electron chi connectivity index (χ0n) is 15.8. The fraction of sp³-hybridized carbons (Fsp3) is 0. The van der Waals surface area contributed by atoms with Gasteiger partial charge in [-0.1, -0.05) is 115 Å². The van der Waals surface area contributed by atoms with E-state index in [-0.39, 0.29) is 0 Å². The molecule has 0 aliphatic carbocycles. The Hall–Kier alpha value is -3.35. The third-order valence-electron chi connectivity index (χ3n) is 5.35.